The van der Waals surface area contributed by atoms with Crippen molar-refractivity contribution in [3.05, 3.63) is 65.2 Å². The molecule has 0 aliphatic heterocycles. The molecule has 0 spiro atoms. The molecule has 0 heterocycles. The zero-order valence-corrected chi connectivity index (χ0v) is 20.5. The first kappa shape index (κ1) is 26.1. The molecule has 1 unspecified atom stereocenters. The van der Waals surface area contributed by atoms with Crippen LogP contribution in [0.25, 0.3) is 0 Å². The highest BCUT2D eigenvalue weighted by Crippen LogP contribution is 2.59. The second-order valence-electron chi connectivity index (χ2n) is 7.41. The number of carbonyl (C=O) groups is 1. The molecule has 0 aliphatic rings. The summed E-state index contributed by atoms with van der Waals surface area (Å²) in [6.07, 6.45) is 1.18. The minimum Gasteiger partial charge on any atom is -0.319 e. The third-order valence-corrected chi connectivity index (χ3v) is 7.98. The van der Waals surface area contributed by atoms with Gasteiger partial charge in [-0.25, -0.2) is 17.9 Å². The van der Waals surface area contributed by atoms with Gasteiger partial charge in [-0.2, -0.15) is 0 Å². The van der Waals surface area contributed by atoms with E-state index in [2.05, 4.69) is 5.32 Å². The van der Waals surface area contributed by atoms with E-state index in [1.807, 2.05) is 32.4 Å². The second-order valence-corrected chi connectivity index (χ2v) is 11.2. The summed E-state index contributed by atoms with van der Waals surface area (Å²) in [6, 6.07) is 12.0. The minimum absolute atomic E-state index is 0.0576. The van der Waals surface area contributed by atoms with Crippen molar-refractivity contribution in [2.45, 2.75) is 51.2 Å². The largest absolute Gasteiger partial charge is 0.357 e. The number of carbonyl (C=O) groups excluding carboxylic acids is 1. The summed E-state index contributed by atoms with van der Waals surface area (Å²) < 4.78 is 52.1. The Labute approximate surface area is 190 Å². The molecule has 2 N–H and O–H groups in total. The Hall–Kier alpha value is -2.19. The smallest absolute Gasteiger partial charge is 0.319 e. The van der Waals surface area contributed by atoms with Crippen LogP contribution in [0.3, 0.4) is 0 Å². The summed E-state index contributed by atoms with van der Waals surface area (Å²) >= 11 is 0. The van der Waals surface area contributed by atoms with Crippen LogP contribution in [-0.2, 0) is 23.6 Å². The molecule has 2 aromatic rings. The lowest BCUT2D eigenvalue weighted by Crippen LogP contribution is -2.41. The van der Waals surface area contributed by atoms with Crippen molar-refractivity contribution in [3.63, 3.8) is 0 Å². The Morgan fingerprint density at radius 1 is 0.906 bits per heavy atom. The minimum atomic E-state index is -4.12. The quantitative estimate of drug-likeness (QED) is 0.434. The average Bonchev–Trinajstić information content (AvgIpc) is 2.75. The number of benzene rings is 2. The van der Waals surface area contributed by atoms with Crippen LogP contribution >= 0.6 is 7.60 Å². The monoisotopic (exact) mass is 482 g/mol. The number of rotatable bonds is 11. The van der Waals surface area contributed by atoms with E-state index in [0.29, 0.717) is 18.4 Å². The molecule has 0 saturated carbocycles. The number of sulfonamides is 1. The van der Waals surface area contributed by atoms with E-state index in [4.69, 9.17) is 9.05 Å². The van der Waals surface area contributed by atoms with Gasteiger partial charge >= 0.3 is 13.6 Å². The van der Waals surface area contributed by atoms with Gasteiger partial charge in [-0.1, -0.05) is 61.4 Å². The Morgan fingerprint density at radius 2 is 1.38 bits per heavy atom. The predicted molar refractivity (Wildman–Crippen MR) is 124 cm³/mol. The van der Waals surface area contributed by atoms with E-state index < -0.39 is 29.4 Å². The fourth-order valence-electron chi connectivity index (χ4n) is 2.77. The van der Waals surface area contributed by atoms with Gasteiger partial charge in [0, 0.05) is 0 Å². The van der Waals surface area contributed by atoms with E-state index in [-0.39, 0.29) is 18.1 Å². The molecule has 0 saturated heterocycles. The maximum atomic E-state index is 13.7. The summed E-state index contributed by atoms with van der Waals surface area (Å²) in [7, 11) is -7.99. The molecule has 32 heavy (non-hydrogen) atoms. The molecule has 0 aromatic heterocycles. The van der Waals surface area contributed by atoms with Gasteiger partial charge in [-0.05, 0) is 44.4 Å². The highest BCUT2D eigenvalue weighted by atomic mass is 32.2. The van der Waals surface area contributed by atoms with Gasteiger partial charge in [0.05, 0.1) is 18.1 Å². The van der Waals surface area contributed by atoms with Crippen LogP contribution in [0.15, 0.2) is 53.4 Å². The Balaban J connectivity index is 2.34. The van der Waals surface area contributed by atoms with Crippen molar-refractivity contribution in [2.24, 2.45) is 0 Å². The zero-order valence-electron chi connectivity index (χ0n) is 18.8. The first-order valence-corrected chi connectivity index (χ1v) is 13.6. The van der Waals surface area contributed by atoms with Gasteiger partial charge in [0.25, 0.3) is 10.0 Å². The molecular weight excluding hydrogens is 451 g/mol. The van der Waals surface area contributed by atoms with Crippen molar-refractivity contribution in [3.8, 4) is 0 Å². The number of hydrogen-bond donors (Lipinski definition) is 2. The van der Waals surface area contributed by atoms with E-state index in [0.717, 1.165) is 11.1 Å². The van der Waals surface area contributed by atoms with Crippen molar-refractivity contribution in [1.29, 1.82) is 0 Å². The standard InChI is InChI=1S/C22H31N2O6PS/c1-5-15-29-31(26,30-16-6-2)21(19-11-7-17(3)8-12-19)23-22(25)24-32(27,28)20-13-9-18(4)10-14-20/h7-14,21H,5-6,15-16H2,1-4H3,(H2,23,24,25). The van der Waals surface area contributed by atoms with E-state index >= 15 is 0 Å². The molecule has 0 fully saturated rings. The van der Waals surface area contributed by atoms with Crippen LogP contribution in [0.4, 0.5) is 4.79 Å². The Kier molecular flexibility index (Phi) is 9.46. The Bertz CT molecular complexity index is 1030. The lowest BCUT2D eigenvalue weighted by Gasteiger charge is -2.28. The zero-order chi connectivity index (χ0) is 23.8. The van der Waals surface area contributed by atoms with Crippen molar-refractivity contribution >= 4 is 23.7 Å². The first-order chi connectivity index (χ1) is 15.1. The van der Waals surface area contributed by atoms with E-state index in [1.165, 1.54) is 12.1 Å². The summed E-state index contributed by atoms with van der Waals surface area (Å²) in [5.41, 5.74) is 2.33. The van der Waals surface area contributed by atoms with Crippen LogP contribution in [-0.4, -0.2) is 27.7 Å². The Morgan fingerprint density at radius 3 is 1.84 bits per heavy atom. The lowest BCUT2D eigenvalue weighted by atomic mass is 10.1. The highest BCUT2D eigenvalue weighted by molar-refractivity contribution is 7.90. The van der Waals surface area contributed by atoms with Gasteiger partial charge in [-0.3, -0.25) is 4.57 Å². The SMILES string of the molecule is CCCOP(=O)(OCCC)C(NC(=O)NS(=O)(=O)c1ccc(C)cc1)c1ccc(C)cc1. The fraction of sp³-hybridized carbons (Fsp3) is 0.409. The molecule has 10 heteroatoms. The molecule has 0 radical (unpaired) electrons. The van der Waals surface area contributed by atoms with E-state index in [9.17, 15) is 17.8 Å². The predicted octanol–water partition coefficient (Wildman–Crippen LogP) is 5.04. The second kappa shape index (κ2) is 11.6. The number of amides is 2. The fourth-order valence-corrected chi connectivity index (χ4v) is 5.74. The molecule has 0 aliphatic carbocycles. The van der Waals surface area contributed by atoms with E-state index in [1.54, 1.807) is 36.4 Å². The van der Waals surface area contributed by atoms with Crippen LogP contribution < -0.4 is 10.0 Å². The molecule has 176 valence electrons. The third kappa shape index (κ3) is 7.17. The van der Waals surface area contributed by atoms with Crippen LogP contribution in [0, 0.1) is 13.8 Å². The number of urea groups is 1. The highest BCUT2D eigenvalue weighted by Gasteiger charge is 2.39. The summed E-state index contributed by atoms with van der Waals surface area (Å²) in [4.78, 5) is 12.7. The van der Waals surface area contributed by atoms with Crippen LogP contribution in [0.2, 0.25) is 0 Å². The third-order valence-electron chi connectivity index (χ3n) is 4.49. The normalized spacial score (nSPS) is 12.9. The van der Waals surface area contributed by atoms with Crippen molar-refractivity contribution < 1.29 is 26.8 Å². The maximum absolute atomic E-state index is 13.7. The van der Waals surface area contributed by atoms with Gasteiger partial charge in [0.1, 0.15) is 0 Å². The number of hydrogen-bond acceptors (Lipinski definition) is 6. The van der Waals surface area contributed by atoms with Crippen molar-refractivity contribution in [1.82, 2.24) is 10.0 Å². The first-order valence-electron chi connectivity index (χ1n) is 10.5. The van der Waals surface area contributed by atoms with Gasteiger partial charge in [0.15, 0.2) is 5.78 Å². The number of aryl methyl sites for hydroxylation is 2. The molecule has 0 bridgehead atoms. The van der Waals surface area contributed by atoms with Crippen molar-refractivity contribution in [2.75, 3.05) is 13.2 Å². The molecule has 8 nitrogen and oxygen atoms in total. The van der Waals surface area contributed by atoms with Crippen LogP contribution in [0.5, 0.6) is 0 Å². The molecular formula is C22H31N2O6PS. The molecule has 2 aromatic carbocycles. The topological polar surface area (TPSA) is 111 Å². The number of nitrogens with one attached hydrogen (secondary N) is 2. The molecule has 1 atom stereocenters. The van der Waals surface area contributed by atoms with Crippen LogP contribution in [0.1, 0.15) is 49.2 Å². The van der Waals surface area contributed by atoms with Gasteiger partial charge < -0.3 is 14.4 Å². The molecule has 2 amide bonds. The summed E-state index contributed by atoms with van der Waals surface area (Å²) in [5.74, 6) is -1.19. The lowest BCUT2D eigenvalue weighted by molar-refractivity contribution is 0.191. The van der Waals surface area contributed by atoms with Gasteiger partial charge in [-0.15, -0.1) is 0 Å². The van der Waals surface area contributed by atoms with Gasteiger partial charge in [0.2, 0.25) is 0 Å². The summed E-state index contributed by atoms with van der Waals surface area (Å²) in [6.45, 7) is 7.77. The summed E-state index contributed by atoms with van der Waals surface area (Å²) in [5, 5.41) is 2.51. The molecule has 2 rings (SSSR count). The average molecular weight is 483 g/mol. The maximum Gasteiger partial charge on any atom is 0.357 e.